The molecule has 1 amide bonds. The molecule has 1 unspecified atom stereocenters. The highest BCUT2D eigenvalue weighted by Crippen LogP contribution is 2.29. The van der Waals surface area contributed by atoms with Gasteiger partial charge in [-0.1, -0.05) is 11.6 Å². The zero-order valence-electron chi connectivity index (χ0n) is 9.21. The highest BCUT2D eigenvalue weighted by atomic mass is 35.7. The molecule has 0 radical (unpaired) electrons. The lowest BCUT2D eigenvalue weighted by Crippen LogP contribution is -2.26. The molecule has 1 aliphatic heterocycles. The second-order valence-electron chi connectivity index (χ2n) is 4.09. The number of hydrogen-bond donors (Lipinski definition) is 0. The molecule has 0 bridgehead atoms. The van der Waals surface area contributed by atoms with E-state index in [1.54, 1.807) is 12.1 Å². The molecule has 2 rings (SSSR count). The maximum atomic E-state index is 11.8. The minimum absolute atomic E-state index is 0.138. The van der Waals surface area contributed by atoms with Gasteiger partial charge in [-0.15, -0.1) is 0 Å². The SMILES string of the molecule is O=C1CC(CS(=O)(=O)Cl)CN1c1ncccc1Cl. The Hall–Kier alpha value is -0.850. The van der Waals surface area contributed by atoms with Crippen molar-refractivity contribution in [2.24, 2.45) is 5.92 Å². The first-order valence-corrected chi connectivity index (χ1v) is 8.05. The Morgan fingerprint density at radius 2 is 2.22 bits per heavy atom. The minimum atomic E-state index is -3.61. The summed E-state index contributed by atoms with van der Waals surface area (Å²) in [7, 11) is 1.58. The van der Waals surface area contributed by atoms with Gasteiger partial charge >= 0.3 is 0 Å². The Labute approximate surface area is 114 Å². The Balaban J connectivity index is 2.18. The molecule has 1 fully saturated rings. The van der Waals surface area contributed by atoms with Crippen LogP contribution in [0.3, 0.4) is 0 Å². The average Bonchev–Trinajstić information content (AvgIpc) is 2.57. The lowest BCUT2D eigenvalue weighted by Gasteiger charge is -2.16. The predicted molar refractivity (Wildman–Crippen MR) is 69.3 cm³/mol. The summed E-state index contributed by atoms with van der Waals surface area (Å²) in [5.41, 5.74) is 0. The van der Waals surface area contributed by atoms with Crippen LogP contribution in [0, 0.1) is 5.92 Å². The quantitative estimate of drug-likeness (QED) is 0.796. The number of amides is 1. The molecule has 2 heterocycles. The number of carbonyl (C=O) groups is 1. The predicted octanol–water partition coefficient (Wildman–Crippen LogP) is 1.66. The van der Waals surface area contributed by atoms with Crippen LogP contribution in [0.25, 0.3) is 0 Å². The molecule has 1 saturated heterocycles. The normalized spacial score (nSPS) is 20.4. The molecular formula is C10H10Cl2N2O3S. The van der Waals surface area contributed by atoms with E-state index in [4.69, 9.17) is 22.3 Å². The molecule has 1 aromatic heterocycles. The van der Waals surface area contributed by atoms with Crippen LogP contribution in [0.5, 0.6) is 0 Å². The fourth-order valence-corrected chi connectivity index (χ4v) is 3.50. The highest BCUT2D eigenvalue weighted by molar-refractivity contribution is 8.13. The molecular weight excluding hydrogens is 299 g/mol. The van der Waals surface area contributed by atoms with Gasteiger partial charge in [-0.25, -0.2) is 13.4 Å². The summed E-state index contributed by atoms with van der Waals surface area (Å²) in [6.45, 7) is 0.265. The van der Waals surface area contributed by atoms with Gasteiger partial charge in [0.1, 0.15) is 0 Å². The minimum Gasteiger partial charge on any atom is -0.295 e. The molecule has 18 heavy (non-hydrogen) atoms. The first kappa shape index (κ1) is 13.6. The molecule has 0 aliphatic carbocycles. The van der Waals surface area contributed by atoms with E-state index in [0.29, 0.717) is 10.8 Å². The lowest BCUT2D eigenvalue weighted by molar-refractivity contribution is -0.117. The van der Waals surface area contributed by atoms with E-state index >= 15 is 0 Å². The molecule has 0 N–H and O–H groups in total. The van der Waals surface area contributed by atoms with Crippen molar-refractivity contribution in [3.8, 4) is 0 Å². The molecule has 98 valence electrons. The standard InChI is InChI=1S/C10H10Cl2N2O3S/c11-8-2-1-3-13-10(8)14-5-7(4-9(14)15)6-18(12,16)17/h1-3,7H,4-6H2. The van der Waals surface area contributed by atoms with E-state index in [0.717, 1.165) is 0 Å². The van der Waals surface area contributed by atoms with Gasteiger partial charge in [0.05, 0.1) is 10.8 Å². The number of anilines is 1. The summed E-state index contributed by atoms with van der Waals surface area (Å²) >= 11 is 5.95. The van der Waals surface area contributed by atoms with E-state index in [1.807, 2.05) is 0 Å². The Morgan fingerprint density at radius 3 is 2.83 bits per heavy atom. The molecule has 1 aliphatic rings. The van der Waals surface area contributed by atoms with Gasteiger partial charge in [-0.3, -0.25) is 9.69 Å². The van der Waals surface area contributed by atoms with E-state index in [1.165, 1.54) is 11.1 Å². The lowest BCUT2D eigenvalue weighted by atomic mass is 10.1. The van der Waals surface area contributed by atoms with E-state index in [-0.39, 0.29) is 30.5 Å². The van der Waals surface area contributed by atoms with Crippen LogP contribution < -0.4 is 4.90 Å². The van der Waals surface area contributed by atoms with Gasteiger partial charge < -0.3 is 0 Å². The van der Waals surface area contributed by atoms with Crippen molar-refractivity contribution in [1.82, 2.24) is 4.98 Å². The third-order valence-corrected chi connectivity index (χ3v) is 4.18. The van der Waals surface area contributed by atoms with Crippen LogP contribution in [0.1, 0.15) is 6.42 Å². The monoisotopic (exact) mass is 308 g/mol. The van der Waals surface area contributed by atoms with Crippen LogP contribution in [0.15, 0.2) is 18.3 Å². The van der Waals surface area contributed by atoms with E-state index < -0.39 is 9.05 Å². The maximum Gasteiger partial charge on any atom is 0.232 e. The number of rotatable bonds is 3. The number of nitrogens with zero attached hydrogens (tertiary/aromatic N) is 2. The zero-order chi connectivity index (χ0) is 13.3. The Bertz CT molecular complexity index is 576. The fourth-order valence-electron chi connectivity index (χ4n) is 1.96. The number of hydrogen-bond acceptors (Lipinski definition) is 4. The van der Waals surface area contributed by atoms with Crippen molar-refractivity contribution in [3.63, 3.8) is 0 Å². The van der Waals surface area contributed by atoms with Crippen LogP contribution in [-0.2, 0) is 13.8 Å². The molecule has 0 spiro atoms. The molecule has 8 heteroatoms. The van der Waals surface area contributed by atoms with Crippen LogP contribution in [0.2, 0.25) is 5.02 Å². The summed E-state index contributed by atoms with van der Waals surface area (Å²) in [5, 5.41) is 0.361. The van der Waals surface area contributed by atoms with Gasteiger partial charge in [-0.05, 0) is 12.1 Å². The van der Waals surface area contributed by atoms with Crippen LogP contribution >= 0.6 is 22.3 Å². The van der Waals surface area contributed by atoms with Crippen molar-refractivity contribution in [2.75, 3.05) is 17.2 Å². The van der Waals surface area contributed by atoms with Crippen molar-refractivity contribution in [1.29, 1.82) is 0 Å². The van der Waals surface area contributed by atoms with Gasteiger partial charge in [0.25, 0.3) is 0 Å². The molecule has 1 aromatic rings. The van der Waals surface area contributed by atoms with Gasteiger partial charge in [0, 0.05) is 35.8 Å². The zero-order valence-corrected chi connectivity index (χ0v) is 11.5. The molecule has 0 aromatic carbocycles. The summed E-state index contributed by atoms with van der Waals surface area (Å²) in [4.78, 5) is 17.2. The highest BCUT2D eigenvalue weighted by Gasteiger charge is 2.34. The maximum absolute atomic E-state index is 11.8. The summed E-state index contributed by atoms with van der Waals surface area (Å²) in [5.74, 6) is -0.376. The topological polar surface area (TPSA) is 67.3 Å². The Kier molecular flexibility index (Phi) is 3.79. The van der Waals surface area contributed by atoms with Crippen molar-refractivity contribution >= 4 is 43.1 Å². The summed E-state index contributed by atoms with van der Waals surface area (Å²) in [6, 6.07) is 3.29. The molecule has 5 nitrogen and oxygen atoms in total. The second kappa shape index (κ2) is 5.03. The van der Waals surface area contributed by atoms with Crippen LogP contribution in [0.4, 0.5) is 5.82 Å². The average molecular weight is 309 g/mol. The van der Waals surface area contributed by atoms with E-state index in [9.17, 15) is 13.2 Å². The van der Waals surface area contributed by atoms with Crippen LogP contribution in [-0.4, -0.2) is 31.6 Å². The largest absolute Gasteiger partial charge is 0.295 e. The van der Waals surface area contributed by atoms with Crippen molar-refractivity contribution in [3.05, 3.63) is 23.4 Å². The van der Waals surface area contributed by atoms with Gasteiger partial charge in [-0.2, -0.15) is 0 Å². The Morgan fingerprint density at radius 1 is 1.50 bits per heavy atom. The molecule has 0 saturated carbocycles. The van der Waals surface area contributed by atoms with Gasteiger partial charge in [0.2, 0.25) is 15.0 Å². The number of pyridine rings is 1. The van der Waals surface area contributed by atoms with Crippen molar-refractivity contribution in [2.45, 2.75) is 6.42 Å². The second-order valence-corrected chi connectivity index (χ2v) is 7.32. The number of carbonyl (C=O) groups excluding carboxylic acids is 1. The number of aromatic nitrogens is 1. The van der Waals surface area contributed by atoms with Crippen molar-refractivity contribution < 1.29 is 13.2 Å². The number of halogens is 2. The molecule has 1 atom stereocenters. The third-order valence-electron chi connectivity index (χ3n) is 2.63. The smallest absolute Gasteiger partial charge is 0.232 e. The van der Waals surface area contributed by atoms with Gasteiger partial charge in [0.15, 0.2) is 5.82 Å². The summed E-state index contributed by atoms with van der Waals surface area (Å²) in [6.07, 6.45) is 1.67. The third kappa shape index (κ3) is 3.13. The summed E-state index contributed by atoms with van der Waals surface area (Å²) < 4.78 is 22.0. The van der Waals surface area contributed by atoms with E-state index in [2.05, 4.69) is 4.98 Å². The first-order chi connectivity index (χ1) is 8.37. The first-order valence-electron chi connectivity index (χ1n) is 5.20. The fraction of sp³-hybridized carbons (Fsp3) is 0.400.